The first kappa shape index (κ1) is 12.8. The number of rotatable bonds is 2. The van der Waals surface area contributed by atoms with Crippen molar-refractivity contribution in [3.63, 3.8) is 0 Å². The van der Waals surface area contributed by atoms with Gasteiger partial charge in [0.25, 0.3) is 5.91 Å². The largest absolute Gasteiger partial charge is 0.340 e. The van der Waals surface area contributed by atoms with Gasteiger partial charge in [0.15, 0.2) is 0 Å². The Morgan fingerprint density at radius 3 is 2.60 bits per heavy atom. The van der Waals surface area contributed by atoms with E-state index in [0.717, 1.165) is 19.3 Å². The lowest BCUT2D eigenvalue weighted by molar-refractivity contribution is -0.125. The van der Waals surface area contributed by atoms with Crippen molar-refractivity contribution in [1.29, 1.82) is 0 Å². The van der Waals surface area contributed by atoms with E-state index in [9.17, 15) is 14.4 Å². The minimum atomic E-state index is -0.744. The molecule has 0 bridgehead atoms. The van der Waals surface area contributed by atoms with Gasteiger partial charge < -0.3 is 5.32 Å². The number of carbonyl (C=O) groups is 3. The maximum atomic E-state index is 12.1. The Balaban J connectivity index is 1.74. The van der Waals surface area contributed by atoms with Crippen molar-refractivity contribution in [2.45, 2.75) is 38.1 Å². The number of benzene rings is 1. The van der Waals surface area contributed by atoms with Crippen LogP contribution in [0.25, 0.3) is 0 Å². The van der Waals surface area contributed by atoms with Crippen LogP contribution >= 0.6 is 0 Å². The fourth-order valence-corrected chi connectivity index (χ4v) is 2.79. The van der Waals surface area contributed by atoms with E-state index in [1.165, 1.54) is 17.5 Å². The zero-order chi connectivity index (χ0) is 14.1. The summed E-state index contributed by atoms with van der Waals surface area (Å²) in [6.45, 7) is 0. The van der Waals surface area contributed by atoms with E-state index < -0.39 is 11.9 Å². The highest BCUT2D eigenvalue weighted by Gasteiger charge is 2.31. The predicted molar refractivity (Wildman–Crippen MR) is 72.1 cm³/mol. The molecule has 0 spiro atoms. The van der Waals surface area contributed by atoms with Crippen molar-refractivity contribution in [2.75, 3.05) is 0 Å². The molecule has 20 heavy (non-hydrogen) atoms. The lowest BCUT2D eigenvalue weighted by atomic mass is 9.90. The highest BCUT2D eigenvalue weighted by Crippen LogP contribution is 2.22. The molecule has 1 unspecified atom stereocenters. The van der Waals surface area contributed by atoms with E-state index in [1.807, 2.05) is 12.1 Å². The van der Waals surface area contributed by atoms with Crippen molar-refractivity contribution >= 4 is 17.7 Å². The van der Waals surface area contributed by atoms with Crippen LogP contribution in [-0.2, 0) is 22.4 Å². The average molecular weight is 272 g/mol. The summed E-state index contributed by atoms with van der Waals surface area (Å²) in [5, 5.41) is 4.79. The molecule has 1 aliphatic carbocycles. The van der Waals surface area contributed by atoms with Gasteiger partial charge in [-0.05, 0) is 48.9 Å². The summed E-state index contributed by atoms with van der Waals surface area (Å²) in [4.78, 5) is 34.7. The van der Waals surface area contributed by atoms with Gasteiger partial charge in [0.2, 0.25) is 11.8 Å². The Labute approximate surface area is 116 Å². The topological polar surface area (TPSA) is 75.3 Å². The van der Waals surface area contributed by atoms with E-state index in [4.69, 9.17) is 0 Å². The number of carbonyl (C=O) groups excluding carboxylic acids is 3. The molecule has 1 saturated heterocycles. The first-order valence-electron chi connectivity index (χ1n) is 6.90. The standard InChI is InChI=1S/C15H16N2O3/c18-13-8-12(15(20)17-13)16-14(19)11-6-5-9-3-1-2-4-10(9)7-11/h5-7,12H,1-4,8H2,(H,16,19)(H,17,18,20). The molecule has 1 aromatic rings. The molecule has 1 aliphatic heterocycles. The SMILES string of the molecule is O=C1CC(NC(=O)c2ccc3c(c2)CCCC3)C(=O)N1. The Morgan fingerprint density at radius 2 is 1.90 bits per heavy atom. The van der Waals surface area contributed by atoms with E-state index >= 15 is 0 Å². The lowest BCUT2D eigenvalue weighted by Gasteiger charge is -2.17. The number of imide groups is 1. The van der Waals surface area contributed by atoms with Crippen molar-refractivity contribution in [2.24, 2.45) is 0 Å². The van der Waals surface area contributed by atoms with Crippen LogP contribution in [0.2, 0.25) is 0 Å². The van der Waals surface area contributed by atoms with E-state index in [1.54, 1.807) is 6.07 Å². The normalized spacial score (nSPS) is 21.3. The van der Waals surface area contributed by atoms with Crippen LogP contribution in [-0.4, -0.2) is 23.8 Å². The third kappa shape index (κ3) is 2.43. The van der Waals surface area contributed by atoms with Crippen LogP contribution in [0.5, 0.6) is 0 Å². The Kier molecular flexibility index (Phi) is 3.26. The fraction of sp³-hybridized carbons (Fsp3) is 0.400. The number of amides is 3. The van der Waals surface area contributed by atoms with Crippen LogP contribution in [0.4, 0.5) is 0 Å². The number of aryl methyl sites for hydroxylation is 2. The maximum absolute atomic E-state index is 12.1. The molecule has 0 radical (unpaired) electrons. The zero-order valence-electron chi connectivity index (χ0n) is 11.1. The Hall–Kier alpha value is -2.17. The number of fused-ring (bicyclic) bond motifs is 1. The molecule has 0 saturated carbocycles. The second-order valence-corrected chi connectivity index (χ2v) is 5.33. The quantitative estimate of drug-likeness (QED) is 0.779. The van der Waals surface area contributed by atoms with E-state index in [0.29, 0.717) is 5.56 Å². The van der Waals surface area contributed by atoms with Gasteiger partial charge >= 0.3 is 0 Å². The van der Waals surface area contributed by atoms with Gasteiger partial charge in [0.1, 0.15) is 6.04 Å². The summed E-state index contributed by atoms with van der Waals surface area (Å²) in [5.41, 5.74) is 3.08. The third-order valence-corrected chi connectivity index (χ3v) is 3.88. The molecule has 5 nitrogen and oxygen atoms in total. The van der Waals surface area contributed by atoms with E-state index in [2.05, 4.69) is 10.6 Å². The molecule has 3 rings (SSSR count). The first-order valence-corrected chi connectivity index (χ1v) is 6.90. The van der Waals surface area contributed by atoms with Crippen molar-refractivity contribution in [3.05, 3.63) is 34.9 Å². The lowest BCUT2D eigenvalue weighted by Crippen LogP contribution is -2.40. The Morgan fingerprint density at radius 1 is 1.15 bits per heavy atom. The van der Waals surface area contributed by atoms with Gasteiger partial charge in [-0.15, -0.1) is 0 Å². The monoisotopic (exact) mass is 272 g/mol. The molecule has 3 amide bonds. The summed E-state index contributed by atoms with van der Waals surface area (Å²) in [5.74, 6) is -1.07. The highest BCUT2D eigenvalue weighted by atomic mass is 16.2. The van der Waals surface area contributed by atoms with Crippen LogP contribution in [0, 0.1) is 0 Å². The summed E-state index contributed by atoms with van der Waals surface area (Å²) in [7, 11) is 0. The van der Waals surface area contributed by atoms with E-state index in [-0.39, 0.29) is 18.2 Å². The van der Waals surface area contributed by atoms with Gasteiger partial charge in [-0.1, -0.05) is 6.07 Å². The second kappa shape index (κ2) is 5.07. The molecule has 2 N–H and O–H groups in total. The molecule has 1 fully saturated rings. The van der Waals surface area contributed by atoms with Crippen LogP contribution in [0.15, 0.2) is 18.2 Å². The van der Waals surface area contributed by atoms with Gasteiger partial charge in [0, 0.05) is 5.56 Å². The van der Waals surface area contributed by atoms with Crippen molar-refractivity contribution in [1.82, 2.24) is 10.6 Å². The molecule has 1 heterocycles. The zero-order valence-corrected chi connectivity index (χ0v) is 11.1. The fourth-order valence-electron chi connectivity index (χ4n) is 2.79. The van der Waals surface area contributed by atoms with Gasteiger partial charge in [-0.3, -0.25) is 19.7 Å². The van der Waals surface area contributed by atoms with Gasteiger partial charge in [-0.2, -0.15) is 0 Å². The predicted octanol–water partition coefficient (Wildman–Crippen LogP) is 0.710. The molecule has 5 heteroatoms. The molecule has 0 aromatic heterocycles. The minimum absolute atomic E-state index is 0.0233. The molecule has 1 atom stereocenters. The average Bonchev–Trinajstić information content (AvgIpc) is 2.76. The number of nitrogens with one attached hydrogen (secondary N) is 2. The van der Waals surface area contributed by atoms with Gasteiger partial charge in [-0.25, -0.2) is 0 Å². The molecular formula is C15H16N2O3. The van der Waals surface area contributed by atoms with Crippen LogP contribution < -0.4 is 10.6 Å². The molecule has 2 aliphatic rings. The van der Waals surface area contributed by atoms with Gasteiger partial charge in [0.05, 0.1) is 6.42 Å². The summed E-state index contributed by atoms with van der Waals surface area (Å²) in [6.07, 6.45) is 4.44. The third-order valence-electron chi connectivity index (χ3n) is 3.88. The van der Waals surface area contributed by atoms with Crippen LogP contribution in [0.1, 0.15) is 40.7 Å². The highest BCUT2D eigenvalue weighted by molar-refractivity contribution is 6.08. The molecule has 104 valence electrons. The van der Waals surface area contributed by atoms with Crippen molar-refractivity contribution in [3.8, 4) is 0 Å². The first-order chi connectivity index (χ1) is 9.63. The number of hydrogen-bond donors (Lipinski definition) is 2. The number of hydrogen-bond acceptors (Lipinski definition) is 3. The minimum Gasteiger partial charge on any atom is -0.340 e. The molecular weight excluding hydrogens is 256 g/mol. The van der Waals surface area contributed by atoms with Crippen molar-refractivity contribution < 1.29 is 14.4 Å². The maximum Gasteiger partial charge on any atom is 0.251 e. The second-order valence-electron chi connectivity index (χ2n) is 5.33. The summed E-state index contributed by atoms with van der Waals surface area (Å²) < 4.78 is 0. The summed E-state index contributed by atoms with van der Waals surface area (Å²) >= 11 is 0. The summed E-state index contributed by atoms with van der Waals surface area (Å²) in [6, 6.07) is 4.93. The Bertz CT molecular complexity index is 595. The van der Waals surface area contributed by atoms with Crippen LogP contribution in [0.3, 0.4) is 0 Å². The smallest absolute Gasteiger partial charge is 0.251 e. The molecule has 1 aromatic carbocycles.